The first kappa shape index (κ1) is 20.1. The third-order valence-corrected chi connectivity index (χ3v) is 7.90. The molecule has 1 spiro atoms. The van der Waals surface area contributed by atoms with Gasteiger partial charge in [0, 0.05) is 26.8 Å². The molecule has 0 amide bonds. The van der Waals surface area contributed by atoms with Gasteiger partial charge in [0.05, 0.1) is 17.6 Å². The minimum Gasteiger partial charge on any atom is -0.381 e. The van der Waals surface area contributed by atoms with Crippen LogP contribution in [0.1, 0.15) is 49.8 Å². The summed E-state index contributed by atoms with van der Waals surface area (Å²) in [6, 6.07) is 4.25. The van der Waals surface area contributed by atoms with E-state index in [2.05, 4.69) is 39.3 Å². The monoisotopic (exact) mass is 409 g/mol. The molecule has 1 unspecified atom stereocenters. The van der Waals surface area contributed by atoms with E-state index < -0.39 is 0 Å². The van der Waals surface area contributed by atoms with Crippen LogP contribution in [0, 0.1) is 24.2 Å². The van der Waals surface area contributed by atoms with Crippen molar-refractivity contribution in [1.29, 1.82) is 0 Å². The van der Waals surface area contributed by atoms with E-state index in [1.165, 1.54) is 58.2 Å². The highest BCUT2D eigenvalue weighted by Crippen LogP contribution is 2.61. The maximum atomic E-state index is 5.51. The van der Waals surface area contributed by atoms with Crippen molar-refractivity contribution >= 4 is 0 Å². The fraction of sp³-hybridized carbons (Fsp3) is 0.708. The molecular weight excluding hydrogens is 374 g/mol. The Bertz CT molecular complexity index is 827. The van der Waals surface area contributed by atoms with Crippen molar-refractivity contribution < 1.29 is 4.74 Å². The van der Waals surface area contributed by atoms with Crippen molar-refractivity contribution in [3.8, 4) is 11.4 Å². The minimum absolute atomic E-state index is 0.644. The SMILES string of the molecule is Cc1cnn(C)c1-c1ccc(CCC2CC23CCN(CC2CCOCC2)CC3)nn1. The minimum atomic E-state index is 0.644. The largest absolute Gasteiger partial charge is 0.381 e. The first-order valence-electron chi connectivity index (χ1n) is 11.7. The van der Waals surface area contributed by atoms with Gasteiger partial charge in [0.15, 0.2) is 0 Å². The van der Waals surface area contributed by atoms with E-state index in [1.54, 1.807) is 0 Å². The highest BCUT2D eigenvalue weighted by atomic mass is 16.5. The van der Waals surface area contributed by atoms with Gasteiger partial charge in [-0.15, -0.1) is 5.10 Å². The summed E-state index contributed by atoms with van der Waals surface area (Å²) in [7, 11) is 1.96. The predicted molar refractivity (Wildman–Crippen MR) is 117 cm³/mol. The van der Waals surface area contributed by atoms with E-state index in [-0.39, 0.29) is 0 Å². The highest BCUT2D eigenvalue weighted by molar-refractivity contribution is 5.57. The summed E-state index contributed by atoms with van der Waals surface area (Å²) in [5, 5.41) is 13.3. The molecule has 2 saturated heterocycles. The Morgan fingerprint density at radius 1 is 1.13 bits per heavy atom. The third kappa shape index (κ3) is 4.17. The molecule has 1 atom stereocenters. The first-order valence-corrected chi connectivity index (χ1v) is 11.7. The molecule has 6 nitrogen and oxygen atoms in total. The second-order valence-corrected chi connectivity index (χ2v) is 9.87. The Hall–Kier alpha value is -1.79. The molecule has 3 aliphatic rings. The van der Waals surface area contributed by atoms with Crippen LogP contribution in [0.25, 0.3) is 11.4 Å². The van der Waals surface area contributed by atoms with Gasteiger partial charge in [-0.1, -0.05) is 0 Å². The van der Waals surface area contributed by atoms with E-state index in [0.717, 1.165) is 54.1 Å². The molecule has 5 rings (SSSR count). The number of likely N-dealkylation sites (tertiary alicyclic amines) is 1. The van der Waals surface area contributed by atoms with E-state index in [0.29, 0.717) is 5.41 Å². The summed E-state index contributed by atoms with van der Waals surface area (Å²) in [6.45, 7) is 7.90. The summed E-state index contributed by atoms with van der Waals surface area (Å²) in [5.41, 5.74) is 4.88. The third-order valence-electron chi connectivity index (χ3n) is 7.90. The fourth-order valence-corrected chi connectivity index (χ4v) is 5.78. The fourth-order valence-electron chi connectivity index (χ4n) is 5.78. The van der Waals surface area contributed by atoms with Gasteiger partial charge in [-0.25, -0.2) is 0 Å². The van der Waals surface area contributed by atoms with Gasteiger partial charge in [0.1, 0.15) is 5.69 Å². The number of hydrogen-bond donors (Lipinski definition) is 0. The molecular formula is C24H35N5O. The molecule has 4 heterocycles. The molecule has 0 bridgehead atoms. The molecule has 0 aromatic carbocycles. The predicted octanol–water partition coefficient (Wildman–Crippen LogP) is 3.65. The summed E-state index contributed by atoms with van der Waals surface area (Å²) in [5.74, 6) is 1.75. The zero-order valence-electron chi connectivity index (χ0n) is 18.5. The van der Waals surface area contributed by atoms with E-state index >= 15 is 0 Å². The van der Waals surface area contributed by atoms with Crippen LogP contribution in [-0.2, 0) is 18.2 Å². The molecule has 0 radical (unpaired) electrons. The Labute approximate surface area is 180 Å². The topological polar surface area (TPSA) is 56.1 Å². The van der Waals surface area contributed by atoms with Crippen molar-refractivity contribution in [2.75, 3.05) is 32.8 Å². The summed E-state index contributed by atoms with van der Waals surface area (Å²) >= 11 is 0. The molecule has 0 N–H and O–H groups in total. The maximum Gasteiger partial charge on any atom is 0.111 e. The van der Waals surface area contributed by atoms with Gasteiger partial charge in [-0.3, -0.25) is 4.68 Å². The lowest BCUT2D eigenvalue weighted by molar-refractivity contribution is 0.0447. The molecule has 6 heteroatoms. The van der Waals surface area contributed by atoms with Crippen LogP contribution in [0.4, 0.5) is 0 Å². The van der Waals surface area contributed by atoms with Crippen LogP contribution in [0.2, 0.25) is 0 Å². The zero-order valence-corrected chi connectivity index (χ0v) is 18.5. The average Bonchev–Trinajstić information content (AvgIpc) is 3.34. The Morgan fingerprint density at radius 2 is 1.93 bits per heavy atom. The van der Waals surface area contributed by atoms with Crippen molar-refractivity contribution in [3.05, 3.63) is 29.6 Å². The molecule has 2 aliphatic heterocycles. The van der Waals surface area contributed by atoms with Crippen molar-refractivity contribution in [2.24, 2.45) is 24.3 Å². The van der Waals surface area contributed by atoms with Crippen LogP contribution >= 0.6 is 0 Å². The number of hydrogen-bond acceptors (Lipinski definition) is 5. The molecule has 30 heavy (non-hydrogen) atoms. The maximum absolute atomic E-state index is 5.51. The number of aryl methyl sites for hydroxylation is 3. The Balaban J connectivity index is 1.08. The number of rotatable bonds is 6. The van der Waals surface area contributed by atoms with E-state index in [4.69, 9.17) is 4.74 Å². The van der Waals surface area contributed by atoms with Crippen LogP contribution in [0.3, 0.4) is 0 Å². The average molecular weight is 410 g/mol. The van der Waals surface area contributed by atoms with Crippen LogP contribution in [-0.4, -0.2) is 57.7 Å². The molecule has 3 fully saturated rings. The normalized spacial score (nSPS) is 24.4. The second kappa shape index (κ2) is 8.39. The molecule has 2 aromatic rings. The Morgan fingerprint density at radius 3 is 2.60 bits per heavy atom. The number of ether oxygens (including phenoxy) is 1. The number of aromatic nitrogens is 4. The zero-order chi connectivity index (χ0) is 20.6. The number of piperidine rings is 1. The lowest BCUT2D eigenvalue weighted by Gasteiger charge is -2.36. The Kier molecular flexibility index (Phi) is 5.63. The van der Waals surface area contributed by atoms with Gasteiger partial charge in [0.25, 0.3) is 0 Å². The van der Waals surface area contributed by atoms with Gasteiger partial charge >= 0.3 is 0 Å². The van der Waals surface area contributed by atoms with Crippen LogP contribution in [0.5, 0.6) is 0 Å². The molecule has 1 aliphatic carbocycles. The van der Waals surface area contributed by atoms with Crippen molar-refractivity contribution in [3.63, 3.8) is 0 Å². The van der Waals surface area contributed by atoms with Gasteiger partial charge in [-0.05, 0) is 99.9 Å². The van der Waals surface area contributed by atoms with E-state index in [9.17, 15) is 0 Å². The van der Waals surface area contributed by atoms with Crippen LogP contribution in [0.15, 0.2) is 18.3 Å². The van der Waals surface area contributed by atoms with Gasteiger partial charge in [0.2, 0.25) is 0 Å². The van der Waals surface area contributed by atoms with Crippen LogP contribution < -0.4 is 0 Å². The van der Waals surface area contributed by atoms with Crippen molar-refractivity contribution in [2.45, 2.75) is 51.9 Å². The molecule has 2 aromatic heterocycles. The van der Waals surface area contributed by atoms with Gasteiger partial charge < -0.3 is 9.64 Å². The highest BCUT2D eigenvalue weighted by Gasteiger charge is 2.53. The summed E-state index contributed by atoms with van der Waals surface area (Å²) in [4.78, 5) is 2.72. The lowest BCUT2D eigenvalue weighted by Crippen LogP contribution is -2.39. The summed E-state index contributed by atoms with van der Waals surface area (Å²) < 4.78 is 7.39. The van der Waals surface area contributed by atoms with Crippen molar-refractivity contribution in [1.82, 2.24) is 24.9 Å². The lowest BCUT2D eigenvalue weighted by atomic mass is 9.88. The quantitative estimate of drug-likeness (QED) is 0.729. The van der Waals surface area contributed by atoms with Gasteiger partial charge in [-0.2, -0.15) is 10.2 Å². The first-order chi connectivity index (χ1) is 14.6. The van der Waals surface area contributed by atoms with E-state index in [1.807, 2.05) is 17.9 Å². The second-order valence-electron chi connectivity index (χ2n) is 9.87. The standard InChI is InChI=1S/C24H35N5O/c1-18-16-25-28(2)23(18)22-6-5-21(26-27-22)4-3-20-15-24(20)9-11-29(12-10-24)17-19-7-13-30-14-8-19/h5-6,16,19-20H,3-4,7-15,17H2,1-2H3. The summed E-state index contributed by atoms with van der Waals surface area (Å²) in [6.07, 6.45) is 10.9. The molecule has 1 saturated carbocycles. The number of nitrogens with zero attached hydrogens (tertiary/aromatic N) is 5. The smallest absolute Gasteiger partial charge is 0.111 e. The molecule has 162 valence electrons.